The second-order valence-electron chi connectivity index (χ2n) is 5.87. The Morgan fingerprint density at radius 1 is 0.667 bits per heavy atom. The van der Waals surface area contributed by atoms with Crippen LogP contribution >= 0.6 is 0 Å². The van der Waals surface area contributed by atoms with Crippen molar-refractivity contribution in [2.45, 2.75) is 6.92 Å². The predicted octanol–water partition coefficient (Wildman–Crippen LogP) is 5.72. The van der Waals surface area contributed by atoms with Gasteiger partial charge in [-0.05, 0) is 18.1 Å². The second kappa shape index (κ2) is 6.17. The number of benzene rings is 3. The van der Waals surface area contributed by atoms with Crippen molar-refractivity contribution in [1.29, 1.82) is 0 Å². The molecule has 0 radical (unpaired) electrons. The van der Waals surface area contributed by atoms with Crippen LogP contribution in [0, 0.1) is 6.92 Å². The summed E-state index contributed by atoms with van der Waals surface area (Å²) in [7, 11) is 0. The Hall–Kier alpha value is -3.13. The number of aromatic amines is 1. The lowest BCUT2D eigenvalue weighted by Crippen LogP contribution is -1.87. The highest BCUT2D eigenvalue weighted by Gasteiger charge is 2.18. The van der Waals surface area contributed by atoms with Crippen molar-refractivity contribution in [3.05, 3.63) is 90.5 Å². The molecule has 1 N–H and O–H groups in total. The summed E-state index contributed by atoms with van der Waals surface area (Å²) in [6.45, 7) is 2.13. The van der Waals surface area contributed by atoms with Crippen molar-refractivity contribution in [2.75, 3.05) is 0 Å². The van der Waals surface area contributed by atoms with Crippen LogP contribution in [0.2, 0.25) is 0 Å². The number of H-pyrrole nitrogens is 1. The number of hydrogen-bond donors (Lipinski definition) is 1. The van der Waals surface area contributed by atoms with Gasteiger partial charge in [-0.2, -0.15) is 5.10 Å². The minimum atomic E-state index is 0.986. The van der Waals surface area contributed by atoms with E-state index < -0.39 is 0 Å². The van der Waals surface area contributed by atoms with Gasteiger partial charge in [-0.1, -0.05) is 84.9 Å². The van der Waals surface area contributed by atoms with Crippen molar-refractivity contribution < 1.29 is 0 Å². The topological polar surface area (TPSA) is 28.7 Å². The summed E-state index contributed by atoms with van der Waals surface area (Å²) in [5.41, 5.74) is 7.91. The molecule has 0 spiro atoms. The fourth-order valence-electron chi connectivity index (χ4n) is 3.08. The Kier molecular flexibility index (Phi) is 3.72. The molecule has 24 heavy (non-hydrogen) atoms. The first-order chi connectivity index (χ1) is 11.8. The fraction of sp³-hybridized carbons (Fsp3) is 0.0455. The zero-order valence-electron chi connectivity index (χ0n) is 13.5. The van der Waals surface area contributed by atoms with E-state index in [1.165, 1.54) is 16.7 Å². The lowest BCUT2D eigenvalue weighted by molar-refractivity contribution is 1.10. The number of nitrogens with zero attached hydrogens (tertiary/aromatic N) is 1. The molecule has 0 atom stereocenters. The minimum absolute atomic E-state index is 0.986. The molecular weight excluding hydrogens is 292 g/mol. The first kappa shape index (κ1) is 14.5. The molecule has 0 aliphatic carbocycles. The highest BCUT2D eigenvalue weighted by Crippen LogP contribution is 2.38. The maximum absolute atomic E-state index is 4.66. The molecule has 1 aromatic heterocycles. The Labute approximate surface area is 141 Å². The third-order valence-corrected chi connectivity index (χ3v) is 4.29. The molecule has 0 amide bonds. The Morgan fingerprint density at radius 3 is 1.92 bits per heavy atom. The van der Waals surface area contributed by atoms with Gasteiger partial charge in [-0.3, -0.25) is 5.10 Å². The van der Waals surface area contributed by atoms with Crippen LogP contribution in [0.5, 0.6) is 0 Å². The molecule has 2 heteroatoms. The van der Waals surface area contributed by atoms with Gasteiger partial charge in [0, 0.05) is 16.7 Å². The lowest BCUT2D eigenvalue weighted by atomic mass is 9.94. The molecule has 0 aliphatic heterocycles. The standard InChI is InChI=1S/C22H18N2/c1-16-10-8-9-15-19(16)22-20(17-11-4-2-5-12-17)21(23-24-22)18-13-6-3-7-14-18/h2-15H,1H3,(H,23,24). The SMILES string of the molecule is Cc1ccccc1-c1[nH]nc(-c2ccccc2)c1-c1ccccc1. The molecule has 0 fully saturated rings. The highest BCUT2D eigenvalue weighted by molar-refractivity contribution is 5.91. The number of aromatic nitrogens is 2. The van der Waals surface area contributed by atoms with Crippen molar-refractivity contribution in [3.8, 4) is 33.6 Å². The van der Waals surface area contributed by atoms with Crippen LogP contribution in [0.1, 0.15) is 5.56 Å². The molecule has 0 saturated carbocycles. The van der Waals surface area contributed by atoms with Crippen LogP contribution in [0.25, 0.3) is 33.6 Å². The van der Waals surface area contributed by atoms with Gasteiger partial charge in [0.2, 0.25) is 0 Å². The molecule has 1 heterocycles. The molecule has 0 aliphatic rings. The number of rotatable bonds is 3. The molecule has 116 valence electrons. The van der Waals surface area contributed by atoms with E-state index in [1.807, 2.05) is 24.3 Å². The fourth-order valence-corrected chi connectivity index (χ4v) is 3.08. The van der Waals surface area contributed by atoms with E-state index in [0.29, 0.717) is 0 Å². The molecule has 0 bridgehead atoms. The molecule has 0 unspecified atom stereocenters. The van der Waals surface area contributed by atoms with Crippen LogP contribution < -0.4 is 0 Å². The minimum Gasteiger partial charge on any atom is -0.277 e. The lowest BCUT2D eigenvalue weighted by Gasteiger charge is -2.09. The number of aryl methyl sites for hydroxylation is 1. The summed E-state index contributed by atoms with van der Waals surface area (Å²) >= 11 is 0. The summed E-state index contributed by atoms with van der Waals surface area (Å²) in [5, 5.41) is 7.93. The molecule has 0 saturated heterocycles. The van der Waals surface area contributed by atoms with Crippen LogP contribution in [-0.2, 0) is 0 Å². The van der Waals surface area contributed by atoms with Crippen molar-refractivity contribution in [2.24, 2.45) is 0 Å². The third-order valence-electron chi connectivity index (χ3n) is 4.29. The van der Waals surface area contributed by atoms with Gasteiger partial charge in [0.15, 0.2) is 0 Å². The van der Waals surface area contributed by atoms with E-state index >= 15 is 0 Å². The Balaban J connectivity index is 2.00. The van der Waals surface area contributed by atoms with E-state index in [4.69, 9.17) is 0 Å². The van der Waals surface area contributed by atoms with E-state index in [9.17, 15) is 0 Å². The predicted molar refractivity (Wildman–Crippen MR) is 99.6 cm³/mol. The largest absolute Gasteiger partial charge is 0.277 e. The van der Waals surface area contributed by atoms with Gasteiger partial charge in [0.25, 0.3) is 0 Å². The van der Waals surface area contributed by atoms with Crippen LogP contribution in [0.15, 0.2) is 84.9 Å². The quantitative estimate of drug-likeness (QED) is 0.515. The van der Waals surface area contributed by atoms with Crippen LogP contribution in [-0.4, -0.2) is 10.2 Å². The third kappa shape index (κ3) is 2.52. The first-order valence-electron chi connectivity index (χ1n) is 8.10. The van der Waals surface area contributed by atoms with Crippen molar-refractivity contribution >= 4 is 0 Å². The first-order valence-corrected chi connectivity index (χ1v) is 8.10. The smallest absolute Gasteiger partial charge is 0.101 e. The average Bonchev–Trinajstić information content (AvgIpc) is 3.08. The van der Waals surface area contributed by atoms with Crippen LogP contribution in [0.4, 0.5) is 0 Å². The Bertz CT molecular complexity index is 954. The van der Waals surface area contributed by atoms with Gasteiger partial charge < -0.3 is 0 Å². The van der Waals surface area contributed by atoms with Gasteiger partial charge in [0.1, 0.15) is 5.69 Å². The zero-order chi connectivity index (χ0) is 16.4. The highest BCUT2D eigenvalue weighted by atomic mass is 15.1. The van der Waals surface area contributed by atoms with Crippen molar-refractivity contribution in [1.82, 2.24) is 10.2 Å². The summed E-state index contributed by atoms with van der Waals surface area (Å²) in [4.78, 5) is 0. The maximum Gasteiger partial charge on any atom is 0.101 e. The summed E-state index contributed by atoms with van der Waals surface area (Å²) in [6, 6.07) is 29.2. The molecule has 4 aromatic rings. The second-order valence-corrected chi connectivity index (χ2v) is 5.87. The zero-order valence-corrected chi connectivity index (χ0v) is 13.5. The van der Waals surface area contributed by atoms with Gasteiger partial charge in [-0.25, -0.2) is 0 Å². The molecule has 4 rings (SSSR count). The van der Waals surface area contributed by atoms with Gasteiger partial charge in [-0.15, -0.1) is 0 Å². The molecular formula is C22H18N2. The number of hydrogen-bond acceptors (Lipinski definition) is 1. The van der Waals surface area contributed by atoms with E-state index in [2.05, 4.69) is 77.8 Å². The summed E-state index contributed by atoms with van der Waals surface area (Å²) in [6.07, 6.45) is 0. The van der Waals surface area contributed by atoms with Gasteiger partial charge in [0.05, 0.1) is 5.69 Å². The van der Waals surface area contributed by atoms with E-state index in [-0.39, 0.29) is 0 Å². The maximum atomic E-state index is 4.66. The van der Waals surface area contributed by atoms with Crippen molar-refractivity contribution in [3.63, 3.8) is 0 Å². The van der Waals surface area contributed by atoms with E-state index in [0.717, 1.165) is 22.5 Å². The normalized spacial score (nSPS) is 10.7. The monoisotopic (exact) mass is 310 g/mol. The molecule has 3 aromatic carbocycles. The number of nitrogens with one attached hydrogen (secondary N) is 1. The average molecular weight is 310 g/mol. The summed E-state index contributed by atoms with van der Waals surface area (Å²) in [5.74, 6) is 0. The summed E-state index contributed by atoms with van der Waals surface area (Å²) < 4.78 is 0. The van der Waals surface area contributed by atoms with E-state index in [1.54, 1.807) is 0 Å². The van der Waals surface area contributed by atoms with Crippen LogP contribution in [0.3, 0.4) is 0 Å². The molecule has 2 nitrogen and oxygen atoms in total. The Morgan fingerprint density at radius 2 is 1.25 bits per heavy atom. The van der Waals surface area contributed by atoms with Gasteiger partial charge >= 0.3 is 0 Å².